The van der Waals surface area contributed by atoms with Crippen LogP contribution in [0.1, 0.15) is 86.0 Å². The predicted molar refractivity (Wildman–Crippen MR) is 441 cm³/mol. The van der Waals surface area contributed by atoms with Gasteiger partial charge in [0.05, 0.1) is 80.2 Å². The molecule has 0 amide bonds. The summed E-state index contributed by atoms with van der Waals surface area (Å²) in [7, 11) is 6.70. The number of ether oxygens (including phenoxy) is 12. The van der Waals surface area contributed by atoms with Crippen molar-refractivity contribution in [1.29, 1.82) is 0 Å². The lowest BCUT2D eigenvalue weighted by molar-refractivity contribution is -0.181. The minimum Gasteiger partial charge on any atom is -0.461 e. The van der Waals surface area contributed by atoms with Crippen LogP contribution in [0, 0.1) is 3.57 Å². The zero-order valence-corrected chi connectivity index (χ0v) is 73.3. The molecule has 2 fully saturated rings. The van der Waals surface area contributed by atoms with Crippen molar-refractivity contribution in [2.45, 2.75) is 190 Å². The van der Waals surface area contributed by atoms with Crippen molar-refractivity contribution in [1.82, 2.24) is 39.2 Å². The molecule has 2 aliphatic rings. The number of aliphatic hydroxyl groups is 2. The van der Waals surface area contributed by atoms with E-state index in [4.69, 9.17) is 84.9 Å². The fraction of sp³-hybridized carbons (Fsp3) is 0.676. The van der Waals surface area contributed by atoms with Crippen LogP contribution < -0.4 is 15.3 Å². The molecular formula is C74H126BIN10O18Si4. The molecule has 8 rings (SSSR count). The molecule has 6 N–H and O–H groups in total. The molecule has 28 nitrogen and oxygen atoms in total. The number of aliphatic hydroxyl groups excluding tert-OH is 2. The van der Waals surface area contributed by atoms with Gasteiger partial charge in [0.15, 0.2) is 22.5 Å². The Morgan fingerprint density at radius 3 is 1.21 bits per heavy atom. The molecule has 6 heterocycles. The van der Waals surface area contributed by atoms with Gasteiger partial charge in [-0.2, -0.15) is 19.2 Å². The number of hydrogen-bond acceptors (Lipinski definition) is 24. The van der Waals surface area contributed by atoms with E-state index in [0.29, 0.717) is 154 Å². The normalized spacial score (nSPS) is 17.6. The Morgan fingerprint density at radius 1 is 0.500 bits per heavy atom. The highest BCUT2D eigenvalue weighted by Gasteiger charge is 2.47. The Balaban J connectivity index is 0.000000404. The summed E-state index contributed by atoms with van der Waals surface area (Å²) < 4.78 is 74.0. The number of fused-ring (bicyclic) bond motifs is 2. The van der Waals surface area contributed by atoms with Crippen LogP contribution in [0.3, 0.4) is 0 Å². The third-order valence-corrected chi connectivity index (χ3v) is 25.9. The number of nitrogens with zero attached hydrogens (tertiary/aromatic N) is 10. The third kappa shape index (κ3) is 31.6. The van der Waals surface area contributed by atoms with Crippen LogP contribution in [0.5, 0.6) is 0 Å². The molecule has 34 heteroatoms. The number of halogens is 1. The number of carbonyl (C=O) groups is 2. The smallest absolute Gasteiger partial charge is 0.338 e. The van der Waals surface area contributed by atoms with Gasteiger partial charge in [-0.1, -0.05) is 96.2 Å². The summed E-state index contributed by atoms with van der Waals surface area (Å²) in [5.74, 6) is 1.21. The van der Waals surface area contributed by atoms with Gasteiger partial charge in [0.25, 0.3) is 0 Å². The van der Waals surface area contributed by atoms with Gasteiger partial charge in [0.2, 0.25) is 0 Å². The molecule has 6 aromatic heterocycles. The summed E-state index contributed by atoms with van der Waals surface area (Å²) in [5.41, 5.74) is 4.84. The van der Waals surface area contributed by atoms with Crippen LogP contribution >= 0.6 is 22.6 Å². The molecular weight excluding hydrogens is 1570 g/mol. The Labute approximate surface area is 659 Å². The summed E-state index contributed by atoms with van der Waals surface area (Å²) in [6, 6.07) is 15.7. The fourth-order valence-corrected chi connectivity index (χ4v) is 15.1. The van der Waals surface area contributed by atoms with Crippen molar-refractivity contribution >= 4 is 103 Å². The van der Waals surface area contributed by atoms with Gasteiger partial charge in [-0.15, -0.1) is 0 Å². The van der Waals surface area contributed by atoms with Gasteiger partial charge >= 0.3 is 11.9 Å². The van der Waals surface area contributed by atoms with Gasteiger partial charge in [0.1, 0.15) is 59.6 Å². The summed E-state index contributed by atoms with van der Waals surface area (Å²) in [6.45, 7) is 34.8. The largest absolute Gasteiger partial charge is 0.461 e. The molecule has 0 spiro atoms. The average molecular weight is 1690 g/mol. The maximum absolute atomic E-state index is 13.4. The first kappa shape index (κ1) is 95.6. The van der Waals surface area contributed by atoms with Gasteiger partial charge in [-0.05, 0) is 110 Å². The minimum absolute atomic E-state index is 0. The van der Waals surface area contributed by atoms with Gasteiger partial charge in [-0.25, -0.2) is 19.6 Å². The molecule has 2 saturated carbocycles. The first-order valence-corrected chi connectivity index (χ1v) is 53.0. The van der Waals surface area contributed by atoms with Crippen molar-refractivity contribution < 1.29 is 87.6 Å². The lowest BCUT2D eigenvalue weighted by Gasteiger charge is -2.38. The number of pyridine rings is 2. The van der Waals surface area contributed by atoms with Crippen molar-refractivity contribution in [2.24, 2.45) is 0 Å². The van der Waals surface area contributed by atoms with E-state index < -0.39 is 43.5 Å². The highest BCUT2D eigenvalue weighted by molar-refractivity contribution is 14.1. The van der Waals surface area contributed by atoms with Gasteiger partial charge < -0.3 is 87.8 Å². The van der Waals surface area contributed by atoms with E-state index in [-0.39, 0.29) is 61.2 Å². The number of rotatable bonds is 43. The highest BCUT2D eigenvalue weighted by atomic mass is 127. The Morgan fingerprint density at radius 2 is 0.861 bits per heavy atom. The maximum atomic E-state index is 13.4. The van der Waals surface area contributed by atoms with Crippen LogP contribution in [-0.4, -0.2) is 258 Å². The Bertz CT molecular complexity index is 3510. The molecule has 0 saturated heterocycles. The van der Waals surface area contributed by atoms with E-state index in [1.54, 1.807) is 46.8 Å². The fourth-order valence-electron chi connectivity index (χ4n) is 11.6. The second-order valence-corrected chi connectivity index (χ2v) is 55.6. The maximum Gasteiger partial charge on any atom is 0.338 e. The summed E-state index contributed by atoms with van der Waals surface area (Å²) in [6.07, 6.45) is 11.8. The summed E-state index contributed by atoms with van der Waals surface area (Å²) in [5, 5.41) is 27.6. The quantitative estimate of drug-likeness (QED) is 0.0118. The molecule has 0 aromatic carbocycles. The van der Waals surface area contributed by atoms with Crippen LogP contribution in [0.25, 0.3) is 22.4 Å². The third-order valence-electron chi connectivity index (χ3n) is 18.4. The molecule has 108 heavy (non-hydrogen) atoms. The molecule has 0 aliphatic heterocycles. The molecule has 0 unspecified atom stereocenters. The standard InChI is InChI=1S/C37H61N5O8Si2.C31H55IN4O7Si2.C6H6BNO.2H2O/c1-45-15-17-49-36(44)37(50-18-16-46-2)13-11-29(12-14-37)33-23-34(41(27-47-19-21-51(3,4)5)28-48-20-22-52(6,7)8)42-35(40-33)32(25-39-42)30-9-10-31(26-43)38-24-30;1-38-13-15-42-30(37)31(43-16-14-39-2)11-9-25(10-12-31)27-21-28(36-29(34-27)26(32)22-33-36)35(23-40-17-19-44(3,4)5)24-41-18-20-45(6,7)8;7-5-1-2-6(4-9)8-3-5;;/h9-10,23-25,29,43H,11-22,26-28H2,1-8H3;21-22,25H,9-20,23-24H2,1-8H3;1-3,9H,4H2;2*1H2. The molecule has 6 aromatic rings. The van der Waals surface area contributed by atoms with Crippen LogP contribution in [0.4, 0.5) is 11.6 Å². The molecule has 0 atom stereocenters. The Kier molecular flexibility index (Phi) is 41.6. The lowest BCUT2D eigenvalue weighted by atomic mass is 9.77. The van der Waals surface area contributed by atoms with E-state index in [1.165, 1.54) is 6.20 Å². The number of anilines is 2. The number of aromatic nitrogens is 8. The monoisotopic (exact) mass is 1690 g/mol. The van der Waals surface area contributed by atoms with Crippen LogP contribution in [-0.2, 0) is 79.6 Å². The van der Waals surface area contributed by atoms with Gasteiger partial charge in [0, 0.05) is 146 Å². The van der Waals surface area contributed by atoms with Crippen molar-refractivity contribution in [3.8, 4) is 11.1 Å². The lowest BCUT2D eigenvalue weighted by Crippen LogP contribution is -2.46. The Hall–Kier alpha value is -4.82. The van der Waals surface area contributed by atoms with E-state index in [0.717, 1.165) is 80.4 Å². The predicted octanol–water partition coefficient (Wildman–Crippen LogP) is 9.70. The van der Waals surface area contributed by atoms with E-state index >= 15 is 0 Å². The van der Waals surface area contributed by atoms with E-state index in [1.807, 2.05) is 33.6 Å². The van der Waals surface area contributed by atoms with E-state index in [9.17, 15) is 14.7 Å². The zero-order chi connectivity index (χ0) is 77.6. The number of methoxy groups -OCH3 is 4. The molecule has 2 aliphatic carbocycles. The number of esters is 2. The van der Waals surface area contributed by atoms with Gasteiger partial charge in [-0.3, -0.25) is 9.97 Å². The van der Waals surface area contributed by atoms with Crippen molar-refractivity contribution in [2.75, 3.05) is 144 Å². The number of hydrogen-bond donors (Lipinski definition) is 2. The van der Waals surface area contributed by atoms with Crippen LogP contribution in [0.2, 0.25) is 103 Å². The second-order valence-electron chi connectivity index (χ2n) is 32.0. The van der Waals surface area contributed by atoms with Crippen molar-refractivity contribution in [3.63, 3.8) is 0 Å². The van der Waals surface area contributed by atoms with Crippen molar-refractivity contribution in [3.05, 3.63) is 87.5 Å². The van der Waals surface area contributed by atoms with Crippen LogP contribution in [0.15, 0.2) is 61.2 Å². The van der Waals surface area contributed by atoms with E-state index in [2.05, 4.69) is 138 Å². The first-order valence-electron chi connectivity index (χ1n) is 37.1. The average Bonchev–Trinajstić information content (AvgIpc) is 1.53. The topological polar surface area (TPSA) is 341 Å². The number of carbonyl (C=O) groups excluding carboxylic acids is 2. The second kappa shape index (κ2) is 47.0. The summed E-state index contributed by atoms with van der Waals surface area (Å²) >= 11 is 2.30. The molecule has 606 valence electrons. The molecule has 0 bridgehead atoms. The minimum atomic E-state index is -1.29. The molecule has 2 radical (unpaired) electrons. The summed E-state index contributed by atoms with van der Waals surface area (Å²) in [4.78, 5) is 49.5. The SMILES string of the molecule is COCCOC(=O)C1(OCCOC)CCC(c2cc(N(COCC[Si](C)(C)C)COCC[Si](C)(C)C)n3ncc(-c4ccc(CO)nc4)c3n2)CC1.COCCOC(=O)C1(OCCOC)CCC(c2cc(N(COCC[Si](C)(C)C)COCC[Si](C)(C)C)n3ncc(I)c3n2)CC1.O.O.[B]c1ccc(CO)nc1. The first-order chi connectivity index (χ1) is 50.4. The highest BCUT2D eigenvalue weighted by Crippen LogP contribution is 2.44. The zero-order valence-electron chi connectivity index (χ0n) is 67.2.